The van der Waals surface area contributed by atoms with Crippen LogP contribution in [0, 0.1) is 17.6 Å². The molecule has 21 heavy (non-hydrogen) atoms. The molecule has 2 rings (SSSR count). The fraction of sp³-hybridized carbons (Fsp3) is 0.200. The van der Waals surface area contributed by atoms with Crippen LogP contribution in [0.2, 0.25) is 0 Å². The van der Waals surface area contributed by atoms with E-state index in [9.17, 15) is 18.0 Å². The Labute approximate surface area is 119 Å². The molecule has 0 saturated heterocycles. The van der Waals surface area contributed by atoms with Gasteiger partial charge in [-0.2, -0.15) is 4.39 Å². The summed E-state index contributed by atoms with van der Waals surface area (Å²) in [4.78, 5) is 15.2. The maximum Gasteiger partial charge on any atom is 0.253 e. The number of nitrogens with one attached hydrogen (secondary N) is 1. The van der Waals surface area contributed by atoms with Crippen LogP contribution < -0.4 is 5.32 Å². The number of benzene rings is 1. The van der Waals surface area contributed by atoms with E-state index in [1.165, 1.54) is 12.1 Å². The molecule has 0 bridgehead atoms. The van der Waals surface area contributed by atoms with Crippen molar-refractivity contribution < 1.29 is 18.0 Å². The predicted octanol–water partition coefficient (Wildman–Crippen LogP) is 2.86. The Morgan fingerprint density at radius 2 is 1.86 bits per heavy atom. The van der Waals surface area contributed by atoms with Crippen LogP contribution in [0.25, 0.3) is 0 Å². The van der Waals surface area contributed by atoms with Gasteiger partial charge in [-0.15, -0.1) is 0 Å². The van der Waals surface area contributed by atoms with Crippen LogP contribution in [0.4, 0.5) is 13.2 Å². The fourth-order valence-electron chi connectivity index (χ4n) is 1.90. The number of nitrogens with zero attached hydrogens (tertiary/aromatic N) is 1. The molecular formula is C15H13F3N2O. The SMILES string of the molecule is CC(Cc1c(F)cccc1F)NC(=O)c1ccc(F)nc1. The van der Waals surface area contributed by atoms with E-state index in [1.54, 1.807) is 6.92 Å². The van der Waals surface area contributed by atoms with Crippen molar-refractivity contribution >= 4 is 5.91 Å². The standard InChI is InChI=1S/C15H13F3N2O/c1-9(7-11-12(16)3-2-4-13(11)17)20-15(21)10-5-6-14(18)19-8-10/h2-6,8-9H,7H2,1H3,(H,20,21). The molecule has 1 unspecified atom stereocenters. The van der Waals surface area contributed by atoms with Crippen LogP contribution in [0.3, 0.4) is 0 Å². The highest BCUT2D eigenvalue weighted by atomic mass is 19.1. The van der Waals surface area contributed by atoms with E-state index in [4.69, 9.17) is 0 Å². The molecule has 0 aliphatic rings. The number of hydrogen-bond donors (Lipinski definition) is 1. The number of hydrogen-bond acceptors (Lipinski definition) is 2. The Morgan fingerprint density at radius 1 is 1.19 bits per heavy atom. The van der Waals surface area contributed by atoms with Crippen LogP contribution in [-0.4, -0.2) is 16.9 Å². The summed E-state index contributed by atoms with van der Waals surface area (Å²) in [5, 5.41) is 2.58. The zero-order valence-corrected chi connectivity index (χ0v) is 11.2. The van der Waals surface area contributed by atoms with Gasteiger partial charge in [-0.1, -0.05) is 6.07 Å². The van der Waals surface area contributed by atoms with E-state index in [-0.39, 0.29) is 17.5 Å². The van der Waals surface area contributed by atoms with E-state index in [0.717, 1.165) is 24.4 Å². The maximum absolute atomic E-state index is 13.5. The van der Waals surface area contributed by atoms with E-state index >= 15 is 0 Å². The number of pyridine rings is 1. The van der Waals surface area contributed by atoms with Gasteiger partial charge in [0.15, 0.2) is 0 Å². The summed E-state index contributed by atoms with van der Waals surface area (Å²) >= 11 is 0. The van der Waals surface area contributed by atoms with Gasteiger partial charge in [-0.3, -0.25) is 4.79 Å². The van der Waals surface area contributed by atoms with Gasteiger partial charge in [0.1, 0.15) is 11.6 Å². The zero-order chi connectivity index (χ0) is 15.4. The molecule has 1 N–H and O–H groups in total. The highest BCUT2D eigenvalue weighted by Crippen LogP contribution is 2.14. The van der Waals surface area contributed by atoms with Gasteiger partial charge in [0.25, 0.3) is 5.91 Å². The van der Waals surface area contributed by atoms with Gasteiger partial charge in [-0.25, -0.2) is 13.8 Å². The van der Waals surface area contributed by atoms with Gasteiger partial charge in [0, 0.05) is 17.8 Å². The molecular weight excluding hydrogens is 281 g/mol. The van der Waals surface area contributed by atoms with Gasteiger partial charge < -0.3 is 5.32 Å². The number of halogens is 3. The van der Waals surface area contributed by atoms with E-state index < -0.39 is 29.5 Å². The minimum absolute atomic E-state index is 0.0128. The lowest BCUT2D eigenvalue weighted by molar-refractivity contribution is 0.0939. The van der Waals surface area contributed by atoms with Crippen LogP contribution in [0.15, 0.2) is 36.5 Å². The Balaban J connectivity index is 2.03. The monoisotopic (exact) mass is 294 g/mol. The summed E-state index contributed by atoms with van der Waals surface area (Å²) < 4.78 is 39.7. The van der Waals surface area contributed by atoms with Crippen molar-refractivity contribution in [1.29, 1.82) is 0 Å². The molecule has 0 fully saturated rings. The largest absolute Gasteiger partial charge is 0.349 e. The summed E-state index contributed by atoms with van der Waals surface area (Å²) in [6.45, 7) is 1.63. The quantitative estimate of drug-likeness (QED) is 0.881. The van der Waals surface area contributed by atoms with Gasteiger partial charge in [-0.05, 0) is 37.6 Å². The molecule has 0 radical (unpaired) electrons. The third-order valence-electron chi connectivity index (χ3n) is 2.94. The highest BCUT2D eigenvalue weighted by molar-refractivity contribution is 5.94. The first-order valence-corrected chi connectivity index (χ1v) is 6.32. The second-order valence-electron chi connectivity index (χ2n) is 4.65. The number of aromatic nitrogens is 1. The summed E-state index contributed by atoms with van der Waals surface area (Å²) in [6, 6.07) is 5.47. The first-order chi connectivity index (χ1) is 9.97. The lowest BCUT2D eigenvalue weighted by atomic mass is 10.1. The maximum atomic E-state index is 13.5. The molecule has 110 valence electrons. The van der Waals surface area contributed by atoms with Gasteiger partial charge >= 0.3 is 0 Å². The molecule has 3 nitrogen and oxygen atoms in total. The molecule has 2 aromatic rings. The van der Waals surface area contributed by atoms with Crippen molar-refractivity contribution in [1.82, 2.24) is 10.3 Å². The summed E-state index contributed by atoms with van der Waals surface area (Å²) in [5.41, 5.74) is 0.0970. The van der Waals surface area contributed by atoms with Crippen LogP contribution in [0.1, 0.15) is 22.8 Å². The topological polar surface area (TPSA) is 42.0 Å². The number of carbonyl (C=O) groups is 1. The zero-order valence-electron chi connectivity index (χ0n) is 11.2. The Bertz CT molecular complexity index is 624. The van der Waals surface area contributed by atoms with E-state index in [1.807, 2.05) is 0 Å². The molecule has 1 heterocycles. The van der Waals surface area contributed by atoms with Crippen molar-refractivity contribution in [2.75, 3.05) is 0 Å². The van der Waals surface area contributed by atoms with Crippen molar-refractivity contribution in [3.8, 4) is 0 Å². The predicted molar refractivity (Wildman–Crippen MR) is 71.2 cm³/mol. The summed E-state index contributed by atoms with van der Waals surface area (Å²) in [5.74, 6) is -2.47. The Kier molecular flexibility index (Phi) is 4.57. The molecule has 0 saturated carbocycles. The van der Waals surface area contributed by atoms with Gasteiger partial charge in [0.05, 0.1) is 5.56 Å². The molecule has 1 atom stereocenters. The fourth-order valence-corrected chi connectivity index (χ4v) is 1.90. The molecule has 0 aliphatic carbocycles. The van der Waals surface area contributed by atoms with E-state index in [0.29, 0.717) is 0 Å². The van der Waals surface area contributed by atoms with E-state index in [2.05, 4.69) is 10.3 Å². The second-order valence-corrected chi connectivity index (χ2v) is 4.65. The normalized spacial score (nSPS) is 12.0. The lowest BCUT2D eigenvalue weighted by Gasteiger charge is -2.14. The smallest absolute Gasteiger partial charge is 0.253 e. The molecule has 6 heteroatoms. The van der Waals surface area contributed by atoms with Crippen molar-refractivity contribution in [2.45, 2.75) is 19.4 Å². The Morgan fingerprint density at radius 3 is 2.43 bits per heavy atom. The third kappa shape index (κ3) is 3.81. The molecule has 1 amide bonds. The average Bonchev–Trinajstić information content (AvgIpc) is 2.43. The summed E-state index contributed by atoms with van der Waals surface area (Å²) in [6.07, 6.45) is 1.11. The number of rotatable bonds is 4. The lowest BCUT2D eigenvalue weighted by Crippen LogP contribution is -2.34. The van der Waals surface area contributed by atoms with Crippen LogP contribution in [-0.2, 0) is 6.42 Å². The van der Waals surface area contributed by atoms with Gasteiger partial charge in [0.2, 0.25) is 5.95 Å². The van der Waals surface area contributed by atoms with Crippen LogP contribution in [0.5, 0.6) is 0 Å². The van der Waals surface area contributed by atoms with Crippen molar-refractivity contribution in [3.63, 3.8) is 0 Å². The first kappa shape index (κ1) is 15.0. The third-order valence-corrected chi connectivity index (χ3v) is 2.94. The minimum atomic E-state index is -0.687. The molecule has 1 aromatic carbocycles. The van der Waals surface area contributed by atoms with Crippen molar-refractivity contribution in [2.24, 2.45) is 0 Å². The van der Waals surface area contributed by atoms with Crippen LogP contribution >= 0.6 is 0 Å². The molecule has 0 spiro atoms. The molecule has 1 aromatic heterocycles. The number of carbonyl (C=O) groups excluding carboxylic acids is 1. The Hall–Kier alpha value is -2.37. The average molecular weight is 294 g/mol. The minimum Gasteiger partial charge on any atom is -0.349 e. The highest BCUT2D eigenvalue weighted by Gasteiger charge is 2.15. The molecule has 0 aliphatic heterocycles. The first-order valence-electron chi connectivity index (χ1n) is 6.32. The number of amides is 1. The van der Waals surface area contributed by atoms with Crippen molar-refractivity contribution in [3.05, 3.63) is 65.2 Å². The summed E-state index contributed by atoms with van der Waals surface area (Å²) in [7, 11) is 0. The second kappa shape index (κ2) is 6.39.